The molecule has 246 valence electrons. The van der Waals surface area contributed by atoms with E-state index in [0.717, 1.165) is 58.2 Å². The van der Waals surface area contributed by atoms with Crippen molar-refractivity contribution in [2.75, 3.05) is 79.3 Å². The maximum absolute atomic E-state index is 12.6. The van der Waals surface area contributed by atoms with Crippen LogP contribution in [0.5, 0.6) is 0 Å². The summed E-state index contributed by atoms with van der Waals surface area (Å²) in [5.41, 5.74) is 1.58. The monoisotopic (exact) mass is 618 g/mol. The van der Waals surface area contributed by atoms with Gasteiger partial charge in [-0.3, -0.25) is 9.97 Å². The predicted molar refractivity (Wildman–Crippen MR) is 166 cm³/mol. The molecule has 0 aliphatic carbocycles. The fourth-order valence-electron chi connectivity index (χ4n) is 3.76. The third-order valence-electron chi connectivity index (χ3n) is 6.28. The fourth-order valence-corrected chi connectivity index (χ4v) is 3.76. The number of esters is 2. The van der Waals surface area contributed by atoms with Crippen molar-refractivity contribution in [3.8, 4) is 11.4 Å². The van der Waals surface area contributed by atoms with Crippen LogP contribution in [0.25, 0.3) is 11.4 Å². The van der Waals surface area contributed by atoms with E-state index in [1.54, 1.807) is 24.3 Å². The number of pyridine rings is 2. The molecule has 0 bridgehead atoms. The molecule has 0 aliphatic heterocycles. The number of hydrogen-bond acceptors (Lipinski definition) is 11. The highest BCUT2D eigenvalue weighted by Gasteiger charge is 2.13. The van der Waals surface area contributed by atoms with E-state index in [-0.39, 0.29) is 13.2 Å². The molecule has 0 N–H and O–H groups in total. The molecule has 0 fully saturated rings. The summed E-state index contributed by atoms with van der Waals surface area (Å²) in [7, 11) is 0. The molecule has 11 heteroatoms. The molecule has 0 atom stereocenters. The van der Waals surface area contributed by atoms with Crippen molar-refractivity contribution in [1.29, 1.82) is 0 Å². The summed E-state index contributed by atoms with van der Waals surface area (Å²) in [6.45, 7) is 10.3. The minimum atomic E-state index is -0.501. The first kappa shape index (κ1) is 37.2. The number of unbranched alkanes of at least 4 members (excludes halogenated alkanes) is 4. The van der Waals surface area contributed by atoms with Gasteiger partial charge in [-0.2, -0.15) is 0 Å². The molecule has 2 aromatic rings. The van der Waals surface area contributed by atoms with Crippen molar-refractivity contribution in [2.24, 2.45) is 0 Å². The van der Waals surface area contributed by atoms with E-state index in [2.05, 4.69) is 23.8 Å². The van der Waals surface area contributed by atoms with Crippen molar-refractivity contribution in [3.63, 3.8) is 0 Å². The normalized spacial score (nSPS) is 11.0. The highest BCUT2D eigenvalue weighted by molar-refractivity contribution is 5.92. The van der Waals surface area contributed by atoms with Crippen LogP contribution in [0.2, 0.25) is 0 Å². The summed E-state index contributed by atoms with van der Waals surface area (Å²) >= 11 is 0. The summed E-state index contributed by atoms with van der Waals surface area (Å²) in [4.78, 5) is 33.7. The van der Waals surface area contributed by atoms with Gasteiger partial charge in [-0.15, -0.1) is 0 Å². The molecule has 0 saturated heterocycles. The molecule has 2 rings (SSSR count). The summed E-state index contributed by atoms with van der Waals surface area (Å²) < 4.78 is 38.1. The molecule has 0 aromatic carbocycles. The number of ether oxygens (including phenoxy) is 7. The van der Waals surface area contributed by atoms with Crippen molar-refractivity contribution in [1.82, 2.24) is 9.97 Å². The van der Waals surface area contributed by atoms with Gasteiger partial charge in [-0.25, -0.2) is 9.59 Å². The molecular formula is C33H50N2O9. The minimum Gasteiger partial charge on any atom is -0.462 e. The number of carbonyl (C=O) groups excluding carboxylic acids is 2. The Morgan fingerprint density at radius 1 is 0.500 bits per heavy atom. The first-order chi connectivity index (χ1) is 21.7. The Morgan fingerprint density at radius 3 is 1.36 bits per heavy atom. The van der Waals surface area contributed by atoms with Gasteiger partial charge in [-0.1, -0.05) is 26.7 Å². The van der Waals surface area contributed by atoms with Gasteiger partial charge in [0.1, 0.15) is 6.61 Å². The third-order valence-corrected chi connectivity index (χ3v) is 6.28. The average Bonchev–Trinajstić information content (AvgIpc) is 3.05. The molecule has 0 unspecified atom stereocenters. The van der Waals surface area contributed by atoms with E-state index < -0.39 is 11.9 Å². The number of carbonyl (C=O) groups is 2. The Kier molecular flexibility index (Phi) is 21.5. The Bertz CT molecular complexity index is 956. The summed E-state index contributed by atoms with van der Waals surface area (Å²) in [5.74, 6) is -0.936. The molecule has 0 spiro atoms. The average molecular weight is 619 g/mol. The van der Waals surface area contributed by atoms with Crippen LogP contribution in [0, 0.1) is 0 Å². The van der Waals surface area contributed by atoms with Gasteiger partial charge in [0, 0.05) is 32.2 Å². The van der Waals surface area contributed by atoms with E-state index >= 15 is 0 Å². The Labute approximate surface area is 261 Å². The molecule has 0 amide bonds. The third kappa shape index (κ3) is 17.4. The lowest BCUT2D eigenvalue weighted by Gasteiger charge is -2.09. The number of rotatable bonds is 27. The molecule has 0 aliphatic rings. The van der Waals surface area contributed by atoms with Crippen molar-refractivity contribution < 1.29 is 42.7 Å². The van der Waals surface area contributed by atoms with Gasteiger partial charge in [-0.05, 0) is 56.4 Å². The lowest BCUT2D eigenvalue weighted by atomic mass is 10.1. The molecule has 0 saturated carbocycles. The first-order valence-electron chi connectivity index (χ1n) is 15.8. The van der Waals surface area contributed by atoms with Crippen LogP contribution >= 0.6 is 0 Å². The Morgan fingerprint density at radius 2 is 0.886 bits per heavy atom. The molecular weight excluding hydrogens is 568 g/mol. The second kappa shape index (κ2) is 25.4. The van der Waals surface area contributed by atoms with Gasteiger partial charge in [0.15, 0.2) is 0 Å². The van der Waals surface area contributed by atoms with Gasteiger partial charge >= 0.3 is 11.9 Å². The predicted octanol–water partition coefficient (Wildman–Crippen LogP) is 5.31. The number of nitrogens with zero attached hydrogens (tertiary/aromatic N) is 2. The standard InChI is InChI=1S/C33H50N2O9/c1-3-5-14-38-18-19-40-16-8-7-9-17-43-32(36)28-10-12-34-30(26-28)31-27-29(11-13-35-31)33(37)44-25-24-42-23-22-41-21-20-39-15-6-4-2/h10-13,26-27H,3-9,14-25H2,1-2H3. The van der Waals surface area contributed by atoms with Gasteiger partial charge < -0.3 is 33.2 Å². The first-order valence-corrected chi connectivity index (χ1v) is 15.8. The number of hydrogen-bond donors (Lipinski definition) is 0. The molecule has 11 nitrogen and oxygen atoms in total. The van der Waals surface area contributed by atoms with E-state index in [0.29, 0.717) is 75.4 Å². The van der Waals surface area contributed by atoms with E-state index in [1.807, 2.05) is 0 Å². The quantitative estimate of drug-likeness (QED) is 0.0955. The zero-order chi connectivity index (χ0) is 31.5. The Hall–Kier alpha value is -2.96. The van der Waals surface area contributed by atoms with E-state index in [1.165, 1.54) is 12.4 Å². The summed E-state index contributed by atoms with van der Waals surface area (Å²) in [6, 6.07) is 6.33. The molecule has 0 radical (unpaired) electrons. The van der Waals surface area contributed by atoms with Crippen molar-refractivity contribution in [3.05, 3.63) is 47.8 Å². The van der Waals surface area contributed by atoms with Crippen LogP contribution < -0.4 is 0 Å². The SMILES string of the molecule is CCCCOCCOCCCCCOC(=O)c1ccnc(-c2cc(C(=O)OCCOCCOCCOCCCC)ccn2)c1. The van der Waals surface area contributed by atoms with Crippen LogP contribution in [0.15, 0.2) is 36.7 Å². The molecule has 2 heterocycles. The Balaban J connectivity index is 1.63. The lowest BCUT2D eigenvalue weighted by molar-refractivity contribution is 0.000284. The van der Waals surface area contributed by atoms with Crippen molar-refractivity contribution in [2.45, 2.75) is 58.8 Å². The zero-order valence-corrected chi connectivity index (χ0v) is 26.5. The van der Waals surface area contributed by atoms with Crippen LogP contribution in [-0.2, 0) is 33.2 Å². The van der Waals surface area contributed by atoms with Gasteiger partial charge in [0.25, 0.3) is 0 Å². The molecule has 44 heavy (non-hydrogen) atoms. The van der Waals surface area contributed by atoms with Crippen LogP contribution in [0.3, 0.4) is 0 Å². The largest absolute Gasteiger partial charge is 0.462 e. The number of aromatic nitrogens is 2. The van der Waals surface area contributed by atoms with Gasteiger partial charge in [0.05, 0.1) is 75.4 Å². The van der Waals surface area contributed by atoms with Crippen molar-refractivity contribution >= 4 is 11.9 Å². The maximum atomic E-state index is 12.6. The van der Waals surface area contributed by atoms with Crippen LogP contribution in [0.1, 0.15) is 79.5 Å². The zero-order valence-electron chi connectivity index (χ0n) is 26.5. The summed E-state index contributed by atoms with van der Waals surface area (Å²) in [5, 5.41) is 0. The fraction of sp³-hybridized carbons (Fsp3) is 0.636. The van der Waals surface area contributed by atoms with E-state index in [9.17, 15) is 9.59 Å². The van der Waals surface area contributed by atoms with Gasteiger partial charge in [0.2, 0.25) is 0 Å². The highest BCUT2D eigenvalue weighted by atomic mass is 16.6. The molecule has 2 aromatic heterocycles. The second-order valence-corrected chi connectivity index (χ2v) is 9.96. The summed E-state index contributed by atoms with van der Waals surface area (Å²) in [6.07, 6.45) is 9.93. The maximum Gasteiger partial charge on any atom is 0.338 e. The van der Waals surface area contributed by atoms with E-state index in [4.69, 9.17) is 33.2 Å². The minimum absolute atomic E-state index is 0.108. The van der Waals surface area contributed by atoms with Crippen LogP contribution in [-0.4, -0.2) is 101 Å². The second-order valence-electron chi connectivity index (χ2n) is 9.96. The lowest BCUT2D eigenvalue weighted by Crippen LogP contribution is -2.14. The highest BCUT2D eigenvalue weighted by Crippen LogP contribution is 2.18. The topological polar surface area (TPSA) is 125 Å². The smallest absolute Gasteiger partial charge is 0.338 e. The van der Waals surface area contributed by atoms with Crippen LogP contribution in [0.4, 0.5) is 0 Å².